The number of nitrogens with zero attached hydrogens (tertiary/aromatic N) is 2. The van der Waals surface area contributed by atoms with E-state index in [9.17, 15) is 4.79 Å². The van der Waals surface area contributed by atoms with Gasteiger partial charge in [-0.2, -0.15) is 0 Å². The molecule has 16 heavy (non-hydrogen) atoms. The van der Waals surface area contributed by atoms with Gasteiger partial charge in [0.1, 0.15) is 5.15 Å². The van der Waals surface area contributed by atoms with Crippen LogP contribution in [0.5, 0.6) is 0 Å². The Kier molecular flexibility index (Phi) is 3.61. The van der Waals surface area contributed by atoms with Crippen molar-refractivity contribution in [3.05, 3.63) is 39.6 Å². The number of aromatic nitrogens is 1. The quantitative estimate of drug-likeness (QED) is 0.590. The van der Waals surface area contributed by atoms with Crippen molar-refractivity contribution >= 4 is 33.4 Å². The third-order valence-corrected chi connectivity index (χ3v) is 3.12. The van der Waals surface area contributed by atoms with Crippen LogP contribution in [0.3, 0.4) is 0 Å². The molecule has 0 spiro atoms. The van der Waals surface area contributed by atoms with Crippen LogP contribution in [-0.4, -0.2) is 28.9 Å². The summed E-state index contributed by atoms with van der Waals surface area (Å²) < 4.78 is 0.757. The predicted molar refractivity (Wildman–Crippen MR) is 66.6 cm³/mol. The Bertz CT molecular complexity index is 448. The summed E-state index contributed by atoms with van der Waals surface area (Å²) in [7, 11) is 0. The summed E-state index contributed by atoms with van der Waals surface area (Å²) in [6.07, 6.45) is 6.53. The van der Waals surface area contributed by atoms with Crippen molar-refractivity contribution in [2.75, 3.05) is 13.1 Å². The molecule has 0 aromatic carbocycles. The molecule has 0 fully saturated rings. The van der Waals surface area contributed by atoms with Crippen molar-refractivity contribution in [2.24, 2.45) is 0 Å². The molecular formula is C11H10BrClN2O. The van der Waals surface area contributed by atoms with Gasteiger partial charge in [-0.1, -0.05) is 23.8 Å². The molecule has 1 amide bonds. The first-order valence-electron chi connectivity index (χ1n) is 4.94. The fourth-order valence-corrected chi connectivity index (χ4v) is 2.08. The number of amides is 1. The van der Waals surface area contributed by atoms with Gasteiger partial charge in [0.05, 0.1) is 5.56 Å². The molecule has 0 saturated carbocycles. The highest BCUT2D eigenvalue weighted by molar-refractivity contribution is 9.10. The van der Waals surface area contributed by atoms with Gasteiger partial charge in [-0.15, -0.1) is 0 Å². The Hall–Kier alpha value is -0.870. The van der Waals surface area contributed by atoms with Crippen molar-refractivity contribution in [1.29, 1.82) is 0 Å². The number of hydrogen-bond donors (Lipinski definition) is 0. The van der Waals surface area contributed by atoms with E-state index in [0.717, 1.165) is 17.4 Å². The first-order chi connectivity index (χ1) is 7.68. The highest BCUT2D eigenvalue weighted by atomic mass is 79.9. The van der Waals surface area contributed by atoms with Crippen molar-refractivity contribution in [1.82, 2.24) is 9.88 Å². The Morgan fingerprint density at radius 1 is 1.50 bits per heavy atom. The minimum Gasteiger partial charge on any atom is -0.335 e. The average Bonchev–Trinajstić information content (AvgIpc) is 2.32. The van der Waals surface area contributed by atoms with Crippen LogP contribution in [-0.2, 0) is 0 Å². The van der Waals surface area contributed by atoms with E-state index in [2.05, 4.69) is 27.0 Å². The van der Waals surface area contributed by atoms with Crippen LogP contribution in [0.4, 0.5) is 0 Å². The van der Waals surface area contributed by atoms with Crippen LogP contribution in [0.2, 0.25) is 5.15 Å². The number of carbonyl (C=O) groups excluding carboxylic acids is 1. The molecule has 0 atom stereocenters. The minimum absolute atomic E-state index is 0.0665. The normalized spacial score (nSPS) is 15.2. The first-order valence-corrected chi connectivity index (χ1v) is 6.11. The van der Waals surface area contributed by atoms with E-state index in [4.69, 9.17) is 11.6 Å². The largest absolute Gasteiger partial charge is 0.335 e. The topological polar surface area (TPSA) is 33.2 Å². The number of rotatable bonds is 1. The highest BCUT2D eigenvalue weighted by Gasteiger charge is 2.19. The number of hydrogen-bond acceptors (Lipinski definition) is 2. The molecule has 1 aromatic rings. The van der Waals surface area contributed by atoms with Crippen molar-refractivity contribution in [3.8, 4) is 0 Å². The van der Waals surface area contributed by atoms with Gasteiger partial charge in [0.15, 0.2) is 0 Å². The fraction of sp³-hybridized carbons (Fsp3) is 0.273. The average molecular weight is 302 g/mol. The van der Waals surface area contributed by atoms with Gasteiger partial charge in [-0.25, -0.2) is 4.98 Å². The van der Waals surface area contributed by atoms with E-state index in [1.54, 1.807) is 17.2 Å². The molecule has 0 radical (unpaired) electrons. The summed E-state index contributed by atoms with van der Waals surface area (Å²) in [6.45, 7) is 1.37. The zero-order valence-corrected chi connectivity index (χ0v) is 10.8. The number of halogens is 2. The van der Waals surface area contributed by atoms with Crippen LogP contribution in [0.1, 0.15) is 16.8 Å². The molecule has 0 unspecified atom stereocenters. The molecule has 2 rings (SSSR count). The molecule has 1 aliphatic heterocycles. The van der Waals surface area contributed by atoms with Crippen LogP contribution < -0.4 is 0 Å². The van der Waals surface area contributed by atoms with Gasteiger partial charge in [0, 0.05) is 23.8 Å². The maximum atomic E-state index is 12.1. The molecule has 0 bridgehead atoms. The zero-order chi connectivity index (χ0) is 11.5. The zero-order valence-electron chi connectivity index (χ0n) is 8.49. The van der Waals surface area contributed by atoms with Gasteiger partial charge in [-0.3, -0.25) is 4.79 Å². The Balaban J connectivity index is 2.26. The van der Waals surface area contributed by atoms with Gasteiger partial charge in [0.2, 0.25) is 0 Å². The Morgan fingerprint density at radius 2 is 2.31 bits per heavy atom. The third-order valence-electron chi connectivity index (χ3n) is 2.38. The molecule has 0 N–H and O–H groups in total. The third kappa shape index (κ3) is 2.44. The summed E-state index contributed by atoms with van der Waals surface area (Å²) in [4.78, 5) is 17.8. The van der Waals surface area contributed by atoms with Gasteiger partial charge >= 0.3 is 0 Å². The van der Waals surface area contributed by atoms with E-state index >= 15 is 0 Å². The number of carbonyl (C=O) groups is 1. The van der Waals surface area contributed by atoms with Crippen LogP contribution in [0.15, 0.2) is 28.9 Å². The lowest BCUT2D eigenvalue weighted by molar-refractivity contribution is 0.0770. The molecule has 2 heterocycles. The molecular weight excluding hydrogens is 291 g/mol. The maximum absolute atomic E-state index is 12.1. The first kappa shape index (κ1) is 11.6. The van der Waals surface area contributed by atoms with Crippen LogP contribution in [0.25, 0.3) is 0 Å². The lowest BCUT2D eigenvalue weighted by atomic mass is 10.2. The van der Waals surface area contributed by atoms with Gasteiger partial charge < -0.3 is 4.90 Å². The van der Waals surface area contributed by atoms with E-state index in [1.165, 1.54) is 0 Å². The second-order valence-corrected chi connectivity index (χ2v) is 4.78. The highest BCUT2D eigenvalue weighted by Crippen LogP contribution is 2.20. The lowest BCUT2D eigenvalue weighted by Gasteiger charge is -2.23. The van der Waals surface area contributed by atoms with Gasteiger partial charge in [-0.05, 0) is 28.4 Å². The van der Waals surface area contributed by atoms with Crippen molar-refractivity contribution in [3.63, 3.8) is 0 Å². The van der Waals surface area contributed by atoms with Gasteiger partial charge in [0.25, 0.3) is 5.91 Å². The summed E-state index contributed by atoms with van der Waals surface area (Å²) in [5, 5.41) is 0.253. The van der Waals surface area contributed by atoms with Crippen molar-refractivity contribution < 1.29 is 4.79 Å². The summed E-state index contributed by atoms with van der Waals surface area (Å²) in [6, 6.07) is 1.70. The van der Waals surface area contributed by atoms with E-state index < -0.39 is 0 Å². The second-order valence-electron chi connectivity index (χ2n) is 3.50. The molecule has 1 aromatic heterocycles. The summed E-state index contributed by atoms with van der Waals surface area (Å²) in [5.41, 5.74) is 0.450. The maximum Gasteiger partial charge on any atom is 0.257 e. The monoisotopic (exact) mass is 300 g/mol. The fourth-order valence-electron chi connectivity index (χ4n) is 1.57. The molecule has 5 heteroatoms. The summed E-state index contributed by atoms with van der Waals surface area (Å²) in [5.74, 6) is -0.0665. The van der Waals surface area contributed by atoms with Crippen molar-refractivity contribution in [2.45, 2.75) is 6.42 Å². The predicted octanol–water partition coefficient (Wildman–Crippen LogP) is 2.90. The smallest absolute Gasteiger partial charge is 0.257 e. The SMILES string of the molecule is O=C(c1cc(Br)cnc1Cl)N1CC=CCC1. The van der Waals surface area contributed by atoms with E-state index in [0.29, 0.717) is 12.1 Å². The summed E-state index contributed by atoms with van der Waals surface area (Å²) >= 11 is 9.20. The Labute approximate surface area is 107 Å². The van der Waals surface area contributed by atoms with Crippen LogP contribution in [0, 0.1) is 0 Å². The van der Waals surface area contributed by atoms with E-state index in [-0.39, 0.29) is 11.1 Å². The lowest BCUT2D eigenvalue weighted by Crippen LogP contribution is -2.34. The molecule has 1 aliphatic rings. The Morgan fingerprint density at radius 3 is 3.00 bits per heavy atom. The number of pyridine rings is 1. The molecule has 84 valence electrons. The van der Waals surface area contributed by atoms with Crippen LogP contribution >= 0.6 is 27.5 Å². The van der Waals surface area contributed by atoms with E-state index in [1.807, 2.05) is 6.08 Å². The second kappa shape index (κ2) is 4.97. The minimum atomic E-state index is -0.0665. The molecule has 0 saturated heterocycles. The molecule has 3 nitrogen and oxygen atoms in total. The molecule has 0 aliphatic carbocycles. The standard InChI is InChI=1S/C11H10BrClN2O/c12-8-6-9(10(13)14-7-8)11(16)15-4-2-1-3-5-15/h1-2,6-7H,3-5H2.